The molecule has 1 aliphatic heterocycles. The average Bonchev–Trinajstić information content (AvgIpc) is 2.71. The fourth-order valence-electron chi connectivity index (χ4n) is 1.84. The number of hydrogen-bond donors (Lipinski definition) is 1. The molecule has 1 fully saturated rings. The number of ether oxygens (including phenoxy) is 1. The Labute approximate surface area is 106 Å². The molecule has 1 aromatic rings. The lowest BCUT2D eigenvalue weighted by Crippen LogP contribution is -2.33. The van der Waals surface area contributed by atoms with Crippen molar-refractivity contribution < 1.29 is 14.3 Å². The molecule has 5 heteroatoms. The topological polar surface area (TPSA) is 58.6 Å². The van der Waals surface area contributed by atoms with Crippen LogP contribution in [-0.2, 0) is 9.59 Å². The Morgan fingerprint density at radius 3 is 2.33 bits per heavy atom. The predicted molar refractivity (Wildman–Crippen MR) is 67.4 cm³/mol. The maximum absolute atomic E-state index is 11.4. The summed E-state index contributed by atoms with van der Waals surface area (Å²) < 4.78 is 5.49. The van der Waals surface area contributed by atoms with Crippen molar-refractivity contribution in [1.29, 1.82) is 0 Å². The number of nitrogens with one attached hydrogen (secondary N) is 1. The summed E-state index contributed by atoms with van der Waals surface area (Å²) in [5.41, 5.74) is 1.01. The first-order chi connectivity index (χ1) is 8.70. The highest BCUT2D eigenvalue weighted by Crippen LogP contribution is 2.16. The van der Waals surface area contributed by atoms with Gasteiger partial charge in [0.2, 0.25) is 11.8 Å². The second-order valence-corrected chi connectivity index (χ2v) is 4.06. The van der Waals surface area contributed by atoms with Gasteiger partial charge in [0, 0.05) is 25.6 Å². The molecule has 0 radical (unpaired) electrons. The number of nitrogens with zero attached hydrogens (tertiary/aromatic N) is 1. The Morgan fingerprint density at radius 1 is 1.17 bits per heavy atom. The van der Waals surface area contributed by atoms with E-state index in [-0.39, 0.29) is 11.8 Å². The van der Waals surface area contributed by atoms with Crippen LogP contribution in [0.1, 0.15) is 12.8 Å². The number of likely N-dealkylation sites (tertiary alicyclic amines) is 1. The van der Waals surface area contributed by atoms with E-state index in [1.807, 2.05) is 31.3 Å². The Morgan fingerprint density at radius 2 is 1.78 bits per heavy atom. The summed E-state index contributed by atoms with van der Waals surface area (Å²) in [7, 11) is 1.85. The molecule has 18 heavy (non-hydrogen) atoms. The predicted octanol–water partition coefficient (Wildman–Crippen LogP) is 1.26. The van der Waals surface area contributed by atoms with Gasteiger partial charge in [0.1, 0.15) is 12.4 Å². The largest absolute Gasteiger partial charge is 0.492 e. The number of hydrogen-bond acceptors (Lipinski definition) is 4. The van der Waals surface area contributed by atoms with E-state index in [1.54, 1.807) is 0 Å². The van der Waals surface area contributed by atoms with Gasteiger partial charge < -0.3 is 10.1 Å². The van der Waals surface area contributed by atoms with Gasteiger partial charge in [-0.3, -0.25) is 14.5 Å². The van der Waals surface area contributed by atoms with Crippen molar-refractivity contribution in [1.82, 2.24) is 4.90 Å². The molecule has 5 nitrogen and oxygen atoms in total. The molecule has 0 unspecified atom stereocenters. The number of anilines is 1. The van der Waals surface area contributed by atoms with Crippen LogP contribution in [0.3, 0.4) is 0 Å². The van der Waals surface area contributed by atoms with Gasteiger partial charge in [0.25, 0.3) is 0 Å². The fourth-order valence-corrected chi connectivity index (χ4v) is 1.84. The van der Waals surface area contributed by atoms with E-state index >= 15 is 0 Å². The minimum Gasteiger partial charge on any atom is -0.492 e. The van der Waals surface area contributed by atoms with Gasteiger partial charge in [-0.05, 0) is 24.3 Å². The average molecular weight is 248 g/mol. The molecular formula is C13H16N2O3. The third-order valence-electron chi connectivity index (χ3n) is 2.88. The van der Waals surface area contributed by atoms with Gasteiger partial charge in [-0.1, -0.05) is 0 Å². The normalized spacial score (nSPS) is 15.1. The summed E-state index contributed by atoms with van der Waals surface area (Å²) in [6, 6.07) is 7.50. The molecule has 1 heterocycles. The monoisotopic (exact) mass is 248 g/mol. The molecule has 2 amide bonds. The van der Waals surface area contributed by atoms with Crippen LogP contribution in [0.4, 0.5) is 5.69 Å². The first-order valence-electron chi connectivity index (χ1n) is 5.94. The maximum atomic E-state index is 11.4. The van der Waals surface area contributed by atoms with Crippen molar-refractivity contribution >= 4 is 17.5 Å². The number of rotatable bonds is 5. The first-order valence-corrected chi connectivity index (χ1v) is 5.94. The molecule has 0 atom stereocenters. The van der Waals surface area contributed by atoms with E-state index < -0.39 is 0 Å². The van der Waals surface area contributed by atoms with Crippen molar-refractivity contribution in [2.45, 2.75) is 12.8 Å². The van der Waals surface area contributed by atoms with Crippen LogP contribution in [0.2, 0.25) is 0 Å². The molecule has 1 aromatic carbocycles. The van der Waals surface area contributed by atoms with Crippen LogP contribution in [0.5, 0.6) is 5.75 Å². The molecule has 1 aliphatic rings. The molecule has 1 N–H and O–H groups in total. The van der Waals surface area contributed by atoms with Crippen molar-refractivity contribution in [3.05, 3.63) is 24.3 Å². The molecule has 0 saturated carbocycles. The zero-order valence-electron chi connectivity index (χ0n) is 10.3. The van der Waals surface area contributed by atoms with E-state index in [1.165, 1.54) is 4.90 Å². The van der Waals surface area contributed by atoms with E-state index in [2.05, 4.69) is 5.32 Å². The lowest BCUT2D eigenvalue weighted by molar-refractivity contribution is -0.138. The fraction of sp³-hybridized carbons (Fsp3) is 0.385. The van der Waals surface area contributed by atoms with Crippen LogP contribution < -0.4 is 10.1 Å². The minimum absolute atomic E-state index is 0.103. The third-order valence-corrected chi connectivity index (χ3v) is 2.88. The molecule has 0 spiro atoms. The first kappa shape index (κ1) is 12.4. The number of imide groups is 1. The Kier molecular flexibility index (Phi) is 3.82. The second kappa shape index (κ2) is 5.53. The second-order valence-electron chi connectivity index (χ2n) is 4.06. The molecule has 2 rings (SSSR count). The summed E-state index contributed by atoms with van der Waals surface area (Å²) in [6.07, 6.45) is 0.658. The standard InChI is InChI=1S/C13H16N2O3/c1-14-10-2-4-11(5-3-10)18-9-8-15-12(16)6-7-13(15)17/h2-5,14H,6-9H2,1H3. The number of carbonyl (C=O) groups excluding carboxylic acids is 2. The van der Waals surface area contributed by atoms with Crippen molar-refractivity contribution in [2.24, 2.45) is 0 Å². The van der Waals surface area contributed by atoms with Crippen LogP contribution in [-0.4, -0.2) is 36.9 Å². The van der Waals surface area contributed by atoms with Gasteiger partial charge in [-0.25, -0.2) is 0 Å². The smallest absolute Gasteiger partial charge is 0.229 e. The van der Waals surface area contributed by atoms with Gasteiger partial charge in [-0.15, -0.1) is 0 Å². The molecule has 96 valence electrons. The summed E-state index contributed by atoms with van der Waals surface area (Å²) in [6.45, 7) is 0.655. The number of benzene rings is 1. The SMILES string of the molecule is CNc1ccc(OCCN2C(=O)CCC2=O)cc1. The van der Waals surface area contributed by atoms with Crippen LogP contribution in [0.15, 0.2) is 24.3 Å². The Bertz CT molecular complexity index is 426. The maximum Gasteiger partial charge on any atom is 0.229 e. The number of carbonyl (C=O) groups is 2. The molecule has 0 bridgehead atoms. The van der Waals surface area contributed by atoms with E-state index in [4.69, 9.17) is 4.74 Å². The van der Waals surface area contributed by atoms with Crippen LogP contribution >= 0.6 is 0 Å². The summed E-state index contributed by atoms with van der Waals surface area (Å²) in [5.74, 6) is 0.524. The summed E-state index contributed by atoms with van der Waals surface area (Å²) >= 11 is 0. The van der Waals surface area contributed by atoms with Gasteiger partial charge in [0.05, 0.1) is 6.54 Å². The van der Waals surface area contributed by atoms with E-state index in [0.29, 0.717) is 26.0 Å². The third kappa shape index (κ3) is 2.80. The van der Waals surface area contributed by atoms with Crippen molar-refractivity contribution in [2.75, 3.05) is 25.5 Å². The molecule has 1 saturated heterocycles. The van der Waals surface area contributed by atoms with Gasteiger partial charge >= 0.3 is 0 Å². The zero-order chi connectivity index (χ0) is 13.0. The van der Waals surface area contributed by atoms with E-state index in [0.717, 1.165) is 11.4 Å². The lowest BCUT2D eigenvalue weighted by atomic mass is 10.3. The van der Waals surface area contributed by atoms with E-state index in [9.17, 15) is 9.59 Å². The minimum atomic E-state index is -0.103. The highest BCUT2D eigenvalue weighted by molar-refractivity contribution is 6.01. The zero-order valence-corrected chi connectivity index (χ0v) is 10.3. The Hall–Kier alpha value is -2.04. The van der Waals surface area contributed by atoms with Crippen LogP contribution in [0.25, 0.3) is 0 Å². The van der Waals surface area contributed by atoms with Crippen LogP contribution in [0, 0.1) is 0 Å². The van der Waals surface area contributed by atoms with Gasteiger partial charge in [0.15, 0.2) is 0 Å². The highest BCUT2D eigenvalue weighted by atomic mass is 16.5. The molecule has 0 aromatic heterocycles. The Balaban J connectivity index is 1.81. The van der Waals surface area contributed by atoms with Crippen molar-refractivity contribution in [3.8, 4) is 5.75 Å². The van der Waals surface area contributed by atoms with Gasteiger partial charge in [-0.2, -0.15) is 0 Å². The molecule has 0 aliphatic carbocycles. The van der Waals surface area contributed by atoms with Crippen molar-refractivity contribution in [3.63, 3.8) is 0 Å². The lowest BCUT2D eigenvalue weighted by Gasteiger charge is -2.14. The summed E-state index contributed by atoms with van der Waals surface area (Å²) in [5, 5.41) is 3.01. The number of amides is 2. The summed E-state index contributed by atoms with van der Waals surface area (Å²) in [4.78, 5) is 24.0. The molecular weight excluding hydrogens is 232 g/mol. The quantitative estimate of drug-likeness (QED) is 0.797. The highest BCUT2D eigenvalue weighted by Gasteiger charge is 2.28.